The fraction of sp³-hybridized carbons (Fsp3) is 0.333. The quantitative estimate of drug-likeness (QED) is 0.416. The summed E-state index contributed by atoms with van der Waals surface area (Å²) in [6, 6.07) is 6.90. The van der Waals surface area contributed by atoms with Crippen LogP contribution in [0.1, 0.15) is 5.56 Å². The van der Waals surface area contributed by atoms with Gasteiger partial charge in [0.05, 0.1) is 11.3 Å². The normalized spacial score (nSPS) is 10.2. The molecule has 4 N–H and O–H groups in total. The van der Waals surface area contributed by atoms with Gasteiger partial charge in [0, 0.05) is 0 Å². The minimum Gasteiger partial charge on any atom is -0.328 e. The number of hydrazine groups is 1. The van der Waals surface area contributed by atoms with Gasteiger partial charge in [-0.2, -0.15) is 0 Å². The van der Waals surface area contributed by atoms with Gasteiger partial charge in [-0.05, 0) is 24.6 Å². The Bertz CT molecular complexity index is 370. The van der Waals surface area contributed by atoms with E-state index in [0.29, 0.717) is 10.9 Å². The van der Waals surface area contributed by atoms with Gasteiger partial charge in [0.25, 0.3) is 0 Å². The van der Waals surface area contributed by atoms with Crippen molar-refractivity contribution in [3.63, 3.8) is 0 Å². The summed E-state index contributed by atoms with van der Waals surface area (Å²) in [5.41, 5.74) is 11.5. The van der Waals surface area contributed by atoms with Crippen LogP contribution in [-0.4, -0.2) is 22.9 Å². The van der Waals surface area contributed by atoms with Crippen LogP contribution >= 0.6 is 0 Å². The molecule has 0 atom stereocenters. The van der Waals surface area contributed by atoms with Crippen LogP contribution in [0.3, 0.4) is 0 Å². The Morgan fingerprint density at radius 3 is 2.75 bits per heavy atom. The zero-order valence-electron chi connectivity index (χ0n) is 8.87. The van der Waals surface area contributed by atoms with Crippen LogP contribution in [0.5, 0.6) is 5.75 Å². The Balaban J connectivity index is 2.71. The molecule has 0 saturated heterocycles. The molecule has 1 rings (SSSR count). The fourth-order valence-electron chi connectivity index (χ4n) is 1.11. The van der Waals surface area contributed by atoms with Gasteiger partial charge in [-0.25, -0.2) is 10.1 Å². The first-order valence-electron chi connectivity index (χ1n) is 4.66. The molecule has 16 heavy (non-hydrogen) atoms. The number of rotatable bonds is 5. The predicted octanol–water partition coefficient (Wildman–Crippen LogP) is 0.0260. The zero-order chi connectivity index (χ0) is 12.1. The number of benzene rings is 1. The number of nitrogens with zero attached hydrogens (tertiary/aromatic N) is 2. The lowest BCUT2D eigenvalue weighted by Gasteiger charge is -2.15. The Morgan fingerprint density at radius 2 is 2.25 bits per heavy atom. The van der Waals surface area contributed by atoms with E-state index in [1.165, 1.54) is 0 Å². The molecule has 1 aromatic carbocycles. The van der Waals surface area contributed by atoms with Gasteiger partial charge in [0.1, 0.15) is 6.54 Å². The van der Waals surface area contributed by atoms with Crippen LogP contribution < -0.4 is 16.3 Å². The van der Waals surface area contributed by atoms with Crippen LogP contribution in [0.15, 0.2) is 24.3 Å². The lowest BCUT2D eigenvalue weighted by molar-refractivity contribution is -0.718. The fourth-order valence-corrected chi connectivity index (χ4v) is 1.11. The molecule has 0 heterocycles. The minimum absolute atomic E-state index is 0.194. The molecule has 0 aromatic heterocycles. The van der Waals surface area contributed by atoms with Crippen LogP contribution in [0.25, 0.3) is 0 Å². The molecule has 88 valence electrons. The number of hydrogen-bond donors (Lipinski definition) is 2. The number of hydrogen-bond acceptors (Lipinski definition) is 5. The number of nitrogens with two attached hydrogens (primary N) is 2. The summed E-state index contributed by atoms with van der Waals surface area (Å²) in [5.74, 6) is 0.373. The monoisotopic (exact) mass is 226 g/mol. The molecule has 0 aliphatic rings. The van der Waals surface area contributed by atoms with Gasteiger partial charge in [0.2, 0.25) is 0 Å². The highest BCUT2D eigenvalue weighted by atomic mass is 16.8. The molecule has 0 aliphatic carbocycles. The van der Waals surface area contributed by atoms with Crippen molar-refractivity contribution < 1.29 is 9.87 Å². The highest BCUT2D eigenvalue weighted by Gasteiger charge is 2.18. The molecular formula is C9H14N4O3. The Kier molecular flexibility index (Phi) is 4.03. The number of aryl methyl sites for hydroxylation is 1. The van der Waals surface area contributed by atoms with Crippen molar-refractivity contribution in [2.24, 2.45) is 11.5 Å². The van der Waals surface area contributed by atoms with E-state index in [1.807, 2.05) is 13.0 Å². The third-order valence-electron chi connectivity index (χ3n) is 1.75. The van der Waals surface area contributed by atoms with E-state index in [0.717, 1.165) is 5.56 Å². The van der Waals surface area contributed by atoms with Crippen molar-refractivity contribution in [3.8, 4) is 5.75 Å². The van der Waals surface area contributed by atoms with Gasteiger partial charge in [0.15, 0.2) is 10.8 Å². The first-order chi connectivity index (χ1) is 7.49. The SMILES string of the molecule is Cc1cccc(ON(CC(N)N)[N+](=O)[O-])c1. The summed E-state index contributed by atoms with van der Waals surface area (Å²) < 4.78 is 0. The number of nitro groups is 1. The molecule has 0 unspecified atom stereocenters. The van der Waals surface area contributed by atoms with E-state index in [4.69, 9.17) is 16.3 Å². The van der Waals surface area contributed by atoms with Crippen molar-refractivity contribution in [2.75, 3.05) is 6.54 Å². The highest BCUT2D eigenvalue weighted by molar-refractivity contribution is 5.26. The van der Waals surface area contributed by atoms with E-state index in [1.54, 1.807) is 18.2 Å². The van der Waals surface area contributed by atoms with Crippen LogP contribution in [-0.2, 0) is 0 Å². The van der Waals surface area contributed by atoms with E-state index < -0.39 is 11.2 Å². The average Bonchev–Trinajstić information content (AvgIpc) is 2.15. The molecule has 0 bridgehead atoms. The minimum atomic E-state index is -0.838. The summed E-state index contributed by atoms with van der Waals surface area (Å²) in [6.07, 6.45) is -0.838. The molecule has 1 aromatic rings. The molecule has 0 aliphatic heterocycles. The maximum atomic E-state index is 10.6. The maximum Gasteiger partial charge on any atom is 0.197 e. The van der Waals surface area contributed by atoms with Crippen molar-refractivity contribution in [1.29, 1.82) is 0 Å². The molecule has 0 radical (unpaired) electrons. The lowest BCUT2D eigenvalue weighted by atomic mass is 10.2. The summed E-state index contributed by atoms with van der Waals surface area (Å²) >= 11 is 0. The second kappa shape index (κ2) is 5.29. The summed E-state index contributed by atoms with van der Waals surface area (Å²) in [7, 11) is 0. The first kappa shape index (κ1) is 12.2. The molecule has 0 amide bonds. The van der Waals surface area contributed by atoms with E-state index in [2.05, 4.69) is 0 Å². The van der Waals surface area contributed by atoms with Gasteiger partial charge >= 0.3 is 0 Å². The van der Waals surface area contributed by atoms with Crippen LogP contribution in [0.4, 0.5) is 0 Å². The molecule has 0 saturated carbocycles. The molecule has 0 fully saturated rings. The third-order valence-corrected chi connectivity index (χ3v) is 1.75. The summed E-state index contributed by atoms with van der Waals surface area (Å²) in [6.45, 7) is 1.67. The largest absolute Gasteiger partial charge is 0.328 e. The maximum absolute atomic E-state index is 10.6. The van der Waals surface area contributed by atoms with Crippen molar-refractivity contribution >= 4 is 0 Å². The standard InChI is InChI=1S/C9H14N4O3/c1-7-3-2-4-8(5-7)16-12(13(14)15)6-9(10)11/h2-5,9H,6,10-11H2,1H3. The van der Waals surface area contributed by atoms with Crippen molar-refractivity contribution in [3.05, 3.63) is 39.9 Å². The molecule has 7 heteroatoms. The Hall–Kier alpha value is -1.86. The average molecular weight is 226 g/mol. The van der Waals surface area contributed by atoms with E-state index >= 15 is 0 Å². The number of hydroxylamine groups is 1. The van der Waals surface area contributed by atoms with Gasteiger partial charge in [-0.1, -0.05) is 12.1 Å². The van der Waals surface area contributed by atoms with Gasteiger partial charge in [-0.3, -0.25) is 0 Å². The third kappa shape index (κ3) is 3.71. The molecular weight excluding hydrogens is 212 g/mol. The Morgan fingerprint density at radius 1 is 1.56 bits per heavy atom. The second-order valence-corrected chi connectivity index (χ2v) is 3.34. The predicted molar refractivity (Wildman–Crippen MR) is 57.7 cm³/mol. The molecule has 7 nitrogen and oxygen atoms in total. The summed E-state index contributed by atoms with van der Waals surface area (Å²) in [4.78, 5) is 15.7. The van der Waals surface area contributed by atoms with Crippen LogP contribution in [0.2, 0.25) is 0 Å². The van der Waals surface area contributed by atoms with E-state index in [9.17, 15) is 10.1 Å². The molecule has 0 spiro atoms. The van der Waals surface area contributed by atoms with Crippen molar-refractivity contribution in [2.45, 2.75) is 13.1 Å². The first-order valence-corrected chi connectivity index (χ1v) is 4.66. The van der Waals surface area contributed by atoms with Gasteiger partial charge < -0.3 is 16.3 Å². The van der Waals surface area contributed by atoms with E-state index in [-0.39, 0.29) is 6.54 Å². The topological polar surface area (TPSA) is 108 Å². The van der Waals surface area contributed by atoms with Crippen molar-refractivity contribution in [1.82, 2.24) is 5.17 Å². The van der Waals surface area contributed by atoms with Crippen LogP contribution in [0, 0.1) is 17.0 Å². The zero-order valence-corrected chi connectivity index (χ0v) is 8.87. The highest BCUT2D eigenvalue weighted by Crippen LogP contribution is 2.13. The second-order valence-electron chi connectivity index (χ2n) is 3.34. The van der Waals surface area contributed by atoms with Gasteiger partial charge in [-0.15, -0.1) is 0 Å². The smallest absolute Gasteiger partial charge is 0.197 e. The Labute approximate surface area is 92.7 Å². The summed E-state index contributed by atoms with van der Waals surface area (Å²) in [5, 5.41) is 10.4. The lowest BCUT2D eigenvalue weighted by Crippen LogP contribution is -2.47.